The van der Waals surface area contributed by atoms with Crippen LogP contribution in [0.4, 0.5) is 16.5 Å². The third-order valence-electron chi connectivity index (χ3n) is 5.31. The SMILES string of the molecule is Cc1ccc(-c2csc(NC(=O)c3ccc(N4CCOCC4)c([N+](=O)[O-])c3)n2)cc1C. The van der Waals surface area contributed by atoms with Gasteiger partial charge in [-0.1, -0.05) is 12.1 Å². The van der Waals surface area contributed by atoms with Crippen LogP contribution in [-0.4, -0.2) is 42.1 Å². The van der Waals surface area contributed by atoms with E-state index >= 15 is 0 Å². The highest BCUT2D eigenvalue weighted by Crippen LogP contribution is 2.31. The smallest absolute Gasteiger partial charge is 0.293 e. The fourth-order valence-corrected chi connectivity index (χ4v) is 4.13. The quantitative estimate of drug-likeness (QED) is 0.468. The van der Waals surface area contributed by atoms with E-state index in [9.17, 15) is 14.9 Å². The molecule has 1 aliphatic heterocycles. The molecule has 0 spiro atoms. The van der Waals surface area contributed by atoms with E-state index in [1.807, 2.05) is 29.3 Å². The Morgan fingerprint density at radius 1 is 1.16 bits per heavy atom. The Balaban J connectivity index is 1.53. The summed E-state index contributed by atoms with van der Waals surface area (Å²) in [7, 11) is 0. The Labute approximate surface area is 183 Å². The van der Waals surface area contributed by atoms with E-state index in [1.54, 1.807) is 12.1 Å². The van der Waals surface area contributed by atoms with E-state index < -0.39 is 10.8 Å². The van der Waals surface area contributed by atoms with Crippen LogP contribution in [0.25, 0.3) is 11.3 Å². The van der Waals surface area contributed by atoms with Gasteiger partial charge in [-0.2, -0.15) is 0 Å². The molecule has 2 heterocycles. The summed E-state index contributed by atoms with van der Waals surface area (Å²) in [6.45, 7) is 6.29. The molecular weight excluding hydrogens is 416 g/mol. The summed E-state index contributed by atoms with van der Waals surface area (Å²) in [5.41, 5.74) is 4.74. The number of ether oxygens (including phenoxy) is 1. The van der Waals surface area contributed by atoms with Crippen molar-refractivity contribution in [2.45, 2.75) is 13.8 Å². The van der Waals surface area contributed by atoms with Gasteiger partial charge in [0.2, 0.25) is 0 Å². The minimum Gasteiger partial charge on any atom is -0.378 e. The minimum atomic E-state index is -0.456. The number of nitro groups is 1. The third kappa shape index (κ3) is 4.57. The van der Waals surface area contributed by atoms with Gasteiger partial charge in [-0.3, -0.25) is 20.2 Å². The van der Waals surface area contributed by atoms with E-state index in [2.05, 4.69) is 23.3 Å². The molecule has 0 atom stereocenters. The molecule has 1 aliphatic rings. The van der Waals surface area contributed by atoms with Crippen molar-refractivity contribution in [3.8, 4) is 11.3 Å². The van der Waals surface area contributed by atoms with Gasteiger partial charge in [0.25, 0.3) is 11.6 Å². The second-order valence-electron chi connectivity index (χ2n) is 7.35. The predicted octanol–water partition coefficient (Wildman–Crippen LogP) is 4.42. The van der Waals surface area contributed by atoms with Gasteiger partial charge in [-0.05, 0) is 43.2 Å². The molecule has 1 amide bonds. The molecule has 0 aliphatic carbocycles. The first-order valence-electron chi connectivity index (χ1n) is 9.88. The largest absolute Gasteiger partial charge is 0.378 e. The van der Waals surface area contributed by atoms with Crippen LogP contribution in [0, 0.1) is 24.0 Å². The average molecular weight is 439 g/mol. The van der Waals surface area contributed by atoms with E-state index in [4.69, 9.17) is 4.74 Å². The summed E-state index contributed by atoms with van der Waals surface area (Å²) in [4.78, 5) is 30.3. The van der Waals surface area contributed by atoms with E-state index in [0.29, 0.717) is 37.1 Å². The zero-order valence-electron chi connectivity index (χ0n) is 17.3. The second kappa shape index (κ2) is 8.83. The molecule has 31 heavy (non-hydrogen) atoms. The Kier molecular flexibility index (Phi) is 5.97. The van der Waals surface area contributed by atoms with Crippen molar-refractivity contribution in [3.05, 3.63) is 68.6 Å². The fraction of sp³-hybridized carbons (Fsp3) is 0.273. The number of carbonyl (C=O) groups excluding carboxylic acids is 1. The molecule has 1 N–H and O–H groups in total. The Bertz CT molecular complexity index is 1140. The van der Waals surface area contributed by atoms with Gasteiger partial charge in [0.1, 0.15) is 5.69 Å². The molecule has 0 saturated carbocycles. The second-order valence-corrected chi connectivity index (χ2v) is 8.21. The number of aryl methyl sites for hydroxylation is 2. The van der Waals surface area contributed by atoms with Crippen LogP contribution in [0.3, 0.4) is 0 Å². The number of amides is 1. The summed E-state index contributed by atoms with van der Waals surface area (Å²) in [5.74, 6) is -0.433. The average Bonchev–Trinajstić information content (AvgIpc) is 3.24. The molecule has 3 aromatic rings. The monoisotopic (exact) mass is 438 g/mol. The molecule has 8 nitrogen and oxygen atoms in total. The topological polar surface area (TPSA) is 97.6 Å². The number of anilines is 2. The van der Waals surface area contributed by atoms with Crippen LogP contribution in [0.1, 0.15) is 21.5 Å². The number of thiazole rings is 1. The van der Waals surface area contributed by atoms with Crippen molar-refractivity contribution in [2.75, 3.05) is 36.5 Å². The fourth-order valence-electron chi connectivity index (χ4n) is 3.42. The lowest BCUT2D eigenvalue weighted by molar-refractivity contribution is -0.384. The zero-order valence-corrected chi connectivity index (χ0v) is 18.1. The molecule has 4 rings (SSSR count). The van der Waals surface area contributed by atoms with Crippen molar-refractivity contribution < 1.29 is 14.5 Å². The molecule has 0 unspecified atom stereocenters. The van der Waals surface area contributed by atoms with Gasteiger partial charge in [0, 0.05) is 35.7 Å². The standard InChI is InChI=1S/C22H22N4O4S/c1-14-3-4-16(11-15(14)2)18-13-31-22(23-18)24-21(27)17-5-6-19(20(12-17)26(28)29)25-7-9-30-10-8-25/h3-6,11-13H,7-10H2,1-2H3,(H,23,24,27). The van der Waals surface area contributed by atoms with Crippen LogP contribution in [0.2, 0.25) is 0 Å². The van der Waals surface area contributed by atoms with Crippen LogP contribution in [-0.2, 0) is 4.74 Å². The maximum atomic E-state index is 12.7. The lowest BCUT2D eigenvalue weighted by Crippen LogP contribution is -2.36. The Hall–Kier alpha value is -3.30. The van der Waals surface area contributed by atoms with Gasteiger partial charge in [0.05, 0.1) is 23.8 Å². The summed E-state index contributed by atoms with van der Waals surface area (Å²) in [6, 6.07) is 10.6. The highest BCUT2D eigenvalue weighted by molar-refractivity contribution is 7.14. The Morgan fingerprint density at radius 2 is 1.94 bits per heavy atom. The molecule has 1 fully saturated rings. The van der Waals surface area contributed by atoms with Crippen LogP contribution < -0.4 is 10.2 Å². The summed E-state index contributed by atoms with van der Waals surface area (Å²) < 4.78 is 5.31. The highest BCUT2D eigenvalue weighted by atomic mass is 32.1. The first-order chi connectivity index (χ1) is 14.9. The number of nitrogens with zero attached hydrogens (tertiary/aromatic N) is 3. The summed E-state index contributed by atoms with van der Waals surface area (Å²) in [6.07, 6.45) is 0. The van der Waals surface area contributed by atoms with E-state index in [1.165, 1.54) is 28.5 Å². The van der Waals surface area contributed by atoms with Gasteiger partial charge in [0.15, 0.2) is 5.13 Å². The molecule has 160 valence electrons. The maximum Gasteiger partial charge on any atom is 0.293 e. The minimum absolute atomic E-state index is 0.0930. The van der Waals surface area contributed by atoms with Crippen molar-refractivity contribution in [1.82, 2.24) is 4.98 Å². The first-order valence-corrected chi connectivity index (χ1v) is 10.8. The number of hydrogen-bond donors (Lipinski definition) is 1. The number of hydrogen-bond acceptors (Lipinski definition) is 7. The normalized spacial score (nSPS) is 13.8. The van der Waals surface area contributed by atoms with Gasteiger partial charge >= 0.3 is 0 Å². The number of morpholine rings is 1. The number of aromatic nitrogens is 1. The zero-order chi connectivity index (χ0) is 22.0. The van der Waals surface area contributed by atoms with Gasteiger partial charge in [-0.15, -0.1) is 11.3 Å². The molecule has 1 saturated heterocycles. The van der Waals surface area contributed by atoms with Gasteiger partial charge in [-0.25, -0.2) is 4.98 Å². The number of rotatable bonds is 5. The number of carbonyl (C=O) groups is 1. The number of benzene rings is 2. The number of nitrogens with one attached hydrogen (secondary N) is 1. The first kappa shape index (κ1) is 21.0. The van der Waals surface area contributed by atoms with Crippen LogP contribution in [0.15, 0.2) is 41.8 Å². The third-order valence-corrected chi connectivity index (χ3v) is 6.07. The molecule has 9 heteroatoms. The van der Waals surface area contributed by atoms with E-state index in [0.717, 1.165) is 11.3 Å². The van der Waals surface area contributed by atoms with Gasteiger partial charge < -0.3 is 9.64 Å². The molecular formula is C22H22N4O4S. The summed E-state index contributed by atoms with van der Waals surface area (Å²) >= 11 is 1.31. The molecule has 2 aromatic carbocycles. The van der Waals surface area contributed by atoms with Crippen molar-refractivity contribution in [1.29, 1.82) is 0 Å². The highest BCUT2D eigenvalue weighted by Gasteiger charge is 2.23. The predicted molar refractivity (Wildman–Crippen MR) is 121 cm³/mol. The maximum absolute atomic E-state index is 12.7. The molecule has 0 bridgehead atoms. The van der Waals surface area contributed by atoms with Crippen molar-refractivity contribution in [3.63, 3.8) is 0 Å². The Morgan fingerprint density at radius 3 is 2.65 bits per heavy atom. The number of nitro benzene ring substituents is 1. The van der Waals surface area contributed by atoms with Crippen LogP contribution >= 0.6 is 11.3 Å². The molecule has 0 radical (unpaired) electrons. The van der Waals surface area contributed by atoms with Crippen molar-refractivity contribution in [2.24, 2.45) is 0 Å². The lowest BCUT2D eigenvalue weighted by atomic mass is 10.1. The van der Waals surface area contributed by atoms with E-state index in [-0.39, 0.29) is 11.3 Å². The van der Waals surface area contributed by atoms with Crippen LogP contribution in [0.5, 0.6) is 0 Å². The lowest BCUT2D eigenvalue weighted by Gasteiger charge is -2.28. The summed E-state index contributed by atoms with van der Waals surface area (Å²) in [5, 5.41) is 16.7. The van der Waals surface area contributed by atoms with Crippen molar-refractivity contribution >= 4 is 33.8 Å². The molecule has 1 aromatic heterocycles.